The Kier molecular flexibility index (Phi) is 3.61. The fourth-order valence-electron chi connectivity index (χ4n) is 3.17. The van der Waals surface area contributed by atoms with Crippen LogP contribution in [0, 0.1) is 5.82 Å². The Labute approximate surface area is 143 Å². The lowest BCUT2D eigenvalue weighted by Crippen LogP contribution is -2.28. The minimum Gasteiger partial charge on any atom is -0.366 e. The van der Waals surface area contributed by atoms with Crippen molar-refractivity contribution in [2.45, 2.75) is 18.5 Å². The lowest BCUT2D eigenvalue weighted by molar-refractivity contribution is 0.416. The number of anilines is 2. The van der Waals surface area contributed by atoms with Crippen molar-refractivity contribution in [3.63, 3.8) is 0 Å². The van der Waals surface area contributed by atoms with Crippen LogP contribution in [0.25, 0.3) is 0 Å². The maximum atomic E-state index is 14.5. The molecule has 2 aromatic carbocycles. The number of nitrogens with one attached hydrogen (secondary N) is 1. The fraction of sp³-hybridized carbons (Fsp3) is 0.176. The number of nitrogen functional groups attached to an aromatic ring is 1. The summed E-state index contributed by atoms with van der Waals surface area (Å²) in [6.45, 7) is 0. The van der Waals surface area contributed by atoms with Gasteiger partial charge in [0, 0.05) is 10.6 Å². The Morgan fingerprint density at radius 2 is 1.96 bits per heavy atom. The van der Waals surface area contributed by atoms with E-state index in [0.717, 1.165) is 5.56 Å². The number of nitrogens with two attached hydrogens (primary N) is 1. The largest absolute Gasteiger partial charge is 0.366 e. The zero-order chi connectivity index (χ0) is 16.7. The lowest BCUT2D eigenvalue weighted by atomic mass is 9.93. The van der Waals surface area contributed by atoms with Crippen LogP contribution in [0.1, 0.15) is 29.6 Å². The van der Waals surface area contributed by atoms with E-state index in [1.54, 1.807) is 16.8 Å². The molecule has 0 saturated heterocycles. The minimum atomic E-state index is -0.384. The molecule has 0 amide bonds. The first-order chi connectivity index (χ1) is 11.6. The van der Waals surface area contributed by atoms with E-state index >= 15 is 0 Å². The predicted octanol–water partition coefficient (Wildman–Crippen LogP) is 3.80. The zero-order valence-electron chi connectivity index (χ0n) is 12.7. The van der Waals surface area contributed by atoms with Crippen LogP contribution in [0.2, 0.25) is 5.02 Å². The number of rotatable bonds is 2. The Bertz CT molecular complexity index is 860. The van der Waals surface area contributed by atoms with Crippen LogP contribution in [-0.4, -0.2) is 14.8 Å². The highest BCUT2D eigenvalue weighted by Crippen LogP contribution is 2.40. The van der Waals surface area contributed by atoms with Crippen LogP contribution in [0.3, 0.4) is 0 Å². The van der Waals surface area contributed by atoms with Crippen LogP contribution in [-0.2, 0) is 0 Å². The number of hydrogen-bond donors (Lipinski definition) is 2. The normalized spacial score (nSPS) is 19.6. The third kappa shape index (κ3) is 2.49. The molecule has 1 aromatic heterocycles. The molecule has 7 heteroatoms. The monoisotopic (exact) mass is 343 g/mol. The summed E-state index contributed by atoms with van der Waals surface area (Å²) in [7, 11) is 0. The summed E-state index contributed by atoms with van der Waals surface area (Å²) in [6, 6.07) is 14.2. The molecule has 0 unspecified atom stereocenters. The van der Waals surface area contributed by atoms with Gasteiger partial charge in [0.05, 0.1) is 12.1 Å². The lowest BCUT2D eigenvalue weighted by Gasteiger charge is -2.32. The van der Waals surface area contributed by atoms with Crippen molar-refractivity contribution in [2.75, 3.05) is 11.1 Å². The number of nitrogens with zero attached hydrogens (tertiary/aromatic N) is 3. The second kappa shape index (κ2) is 5.79. The summed E-state index contributed by atoms with van der Waals surface area (Å²) in [5, 5.41) is 7.90. The van der Waals surface area contributed by atoms with Crippen molar-refractivity contribution in [3.05, 3.63) is 70.5 Å². The van der Waals surface area contributed by atoms with Gasteiger partial charge < -0.3 is 11.1 Å². The number of halogens is 2. The first-order valence-electron chi connectivity index (χ1n) is 7.61. The Morgan fingerprint density at radius 3 is 2.71 bits per heavy atom. The van der Waals surface area contributed by atoms with Crippen molar-refractivity contribution in [3.8, 4) is 0 Å². The molecule has 3 aromatic rings. The van der Waals surface area contributed by atoms with Gasteiger partial charge in [0.2, 0.25) is 11.9 Å². The number of benzene rings is 2. The standard InChI is InChI=1S/C17H15ClFN5/c18-11-7-4-8-12(19)15(11)14-9-13(10-5-2-1-3-6-10)21-17-22-16(20)23-24(14)17/h1-8,13-14H,9H2,(H3,20,21,22,23)/t13-,14+/m1/s1. The van der Waals surface area contributed by atoms with Gasteiger partial charge in [-0.15, -0.1) is 5.10 Å². The molecule has 0 saturated carbocycles. The summed E-state index contributed by atoms with van der Waals surface area (Å²) >= 11 is 6.28. The number of hydrogen-bond acceptors (Lipinski definition) is 4. The average Bonchev–Trinajstić information content (AvgIpc) is 2.95. The number of fused-ring (bicyclic) bond motifs is 1. The van der Waals surface area contributed by atoms with Gasteiger partial charge in [-0.25, -0.2) is 9.07 Å². The van der Waals surface area contributed by atoms with Crippen LogP contribution in [0.4, 0.5) is 16.3 Å². The summed E-state index contributed by atoms with van der Waals surface area (Å²) in [5.74, 6) is 0.293. The summed E-state index contributed by atoms with van der Waals surface area (Å²) in [6.07, 6.45) is 0.584. The van der Waals surface area contributed by atoms with Gasteiger partial charge in [0.1, 0.15) is 5.82 Å². The Hall–Kier alpha value is -2.60. The fourth-order valence-corrected chi connectivity index (χ4v) is 3.46. The van der Waals surface area contributed by atoms with Gasteiger partial charge in [0.15, 0.2) is 0 Å². The van der Waals surface area contributed by atoms with Crippen molar-refractivity contribution in [1.29, 1.82) is 0 Å². The SMILES string of the molecule is Nc1nc2n(n1)[C@H](c1c(F)cccc1Cl)C[C@H](c1ccccc1)N2. The van der Waals surface area contributed by atoms with Gasteiger partial charge in [-0.3, -0.25) is 0 Å². The molecule has 122 valence electrons. The zero-order valence-corrected chi connectivity index (χ0v) is 13.4. The molecule has 0 radical (unpaired) electrons. The molecule has 5 nitrogen and oxygen atoms in total. The van der Waals surface area contributed by atoms with E-state index in [9.17, 15) is 4.39 Å². The summed E-state index contributed by atoms with van der Waals surface area (Å²) in [4.78, 5) is 4.22. The van der Waals surface area contributed by atoms with Crippen molar-refractivity contribution in [2.24, 2.45) is 0 Å². The van der Waals surface area contributed by atoms with Crippen LogP contribution in [0.5, 0.6) is 0 Å². The molecule has 0 spiro atoms. The van der Waals surface area contributed by atoms with Gasteiger partial charge in [0.25, 0.3) is 0 Å². The third-order valence-corrected chi connectivity index (χ3v) is 4.57. The van der Waals surface area contributed by atoms with E-state index in [4.69, 9.17) is 17.3 Å². The molecule has 2 heterocycles. The first-order valence-corrected chi connectivity index (χ1v) is 7.98. The molecule has 0 aliphatic carbocycles. The van der Waals surface area contributed by atoms with Gasteiger partial charge >= 0.3 is 0 Å². The molecule has 0 bridgehead atoms. The van der Waals surface area contributed by atoms with E-state index in [1.807, 2.05) is 30.3 Å². The van der Waals surface area contributed by atoms with Crippen LogP contribution >= 0.6 is 11.6 Å². The Balaban J connectivity index is 1.83. The van der Waals surface area contributed by atoms with Gasteiger partial charge in [-0.05, 0) is 24.1 Å². The predicted molar refractivity (Wildman–Crippen MR) is 91.4 cm³/mol. The second-order valence-corrected chi connectivity index (χ2v) is 6.14. The highest BCUT2D eigenvalue weighted by Gasteiger charge is 2.33. The Morgan fingerprint density at radius 1 is 1.17 bits per heavy atom. The molecule has 2 atom stereocenters. The first kappa shape index (κ1) is 15.0. The molecule has 0 fully saturated rings. The van der Waals surface area contributed by atoms with Gasteiger partial charge in [-0.2, -0.15) is 4.98 Å². The topological polar surface area (TPSA) is 68.8 Å². The van der Waals surface area contributed by atoms with Crippen LogP contribution in [0.15, 0.2) is 48.5 Å². The molecule has 1 aliphatic heterocycles. The highest BCUT2D eigenvalue weighted by molar-refractivity contribution is 6.31. The second-order valence-electron chi connectivity index (χ2n) is 5.73. The molecule has 24 heavy (non-hydrogen) atoms. The van der Waals surface area contributed by atoms with Crippen LogP contribution < -0.4 is 11.1 Å². The molecular formula is C17H15ClFN5. The van der Waals surface area contributed by atoms with Crippen molar-refractivity contribution in [1.82, 2.24) is 14.8 Å². The summed E-state index contributed by atoms with van der Waals surface area (Å²) in [5.41, 5.74) is 7.24. The minimum absolute atomic E-state index is 0.0389. The van der Waals surface area contributed by atoms with E-state index in [1.165, 1.54) is 6.07 Å². The molecule has 3 N–H and O–H groups in total. The molecule has 4 rings (SSSR count). The summed E-state index contributed by atoms with van der Waals surface area (Å²) < 4.78 is 16.1. The average molecular weight is 344 g/mol. The quantitative estimate of drug-likeness (QED) is 0.742. The number of aromatic nitrogens is 3. The third-order valence-electron chi connectivity index (χ3n) is 4.24. The van der Waals surface area contributed by atoms with E-state index in [0.29, 0.717) is 23.0 Å². The van der Waals surface area contributed by atoms with E-state index < -0.39 is 0 Å². The van der Waals surface area contributed by atoms with E-state index in [-0.39, 0.29) is 23.8 Å². The van der Waals surface area contributed by atoms with Gasteiger partial charge in [-0.1, -0.05) is 48.0 Å². The maximum absolute atomic E-state index is 14.5. The maximum Gasteiger partial charge on any atom is 0.241 e. The molecular weight excluding hydrogens is 329 g/mol. The molecule has 1 aliphatic rings. The smallest absolute Gasteiger partial charge is 0.241 e. The highest BCUT2D eigenvalue weighted by atomic mass is 35.5. The van der Waals surface area contributed by atoms with Crippen molar-refractivity contribution >= 4 is 23.5 Å². The van der Waals surface area contributed by atoms with Crippen molar-refractivity contribution < 1.29 is 4.39 Å². The van der Waals surface area contributed by atoms with E-state index in [2.05, 4.69) is 15.4 Å².